The van der Waals surface area contributed by atoms with Crippen LogP contribution < -0.4 is 0 Å². The molecule has 0 radical (unpaired) electrons. The van der Waals surface area contributed by atoms with Crippen LogP contribution >= 0.6 is 0 Å². The minimum absolute atomic E-state index is 0.0588. The molecule has 0 aliphatic rings. The van der Waals surface area contributed by atoms with Crippen LogP contribution in [-0.4, -0.2) is 24.1 Å². The third-order valence-corrected chi connectivity index (χ3v) is 8.42. The molecule has 0 saturated carbocycles. The lowest BCUT2D eigenvalue weighted by molar-refractivity contribution is 0.952. The summed E-state index contributed by atoms with van der Waals surface area (Å²) in [7, 11) is 0. The maximum Gasteiger partial charge on any atom is 0.238 e. The highest BCUT2D eigenvalue weighted by Gasteiger charge is 2.21. The van der Waals surface area contributed by atoms with Crippen molar-refractivity contribution < 1.29 is 23.3 Å². The van der Waals surface area contributed by atoms with Crippen LogP contribution in [0.1, 0.15) is 23.3 Å². The lowest BCUT2D eigenvalue weighted by atomic mass is 10.0. The molecule has 0 saturated heterocycles. The van der Waals surface area contributed by atoms with Crippen molar-refractivity contribution in [1.29, 1.82) is 0 Å². The maximum absolute atomic E-state index is 9.16. The van der Waals surface area contributed by atoms with Gasteiger partial charge in [-0.25, -0.2) is 4.98 Å². The van der Waals surface area contributed by atoms with Gasteiger partial charge in [0.05, 0.1) is 51.1 Å². The van der Waals surface area contributed by atoms with Crippen LogP contribution in [0.3, 0.4) is 0 Å². The molecule has 10 rings (SSSR count). The normalized spacial score (nSPS) is 16.4. The van der Waals surface area contributed by atoms with Crippen LogP contribution in [0.25, 0.3) is 89.2 Å². The number of rotatable bonds is 5. The van der Waals surface area contributed by atoms with Gasteiger partial charge in [-0.1, -0.05) is 133 Å². The van der Waals surface area contributed by atoms with E-state index in [4.69, 9.17) is 38.3 Å². The summed E-state index contributed by atoms with van der Waals surface area (Å²) in [5.74, 6) is -0.783. The molecule has 0 amide bonds. The van der Waals surface area contributed by atoms with E-state index in [1.165, 1.54) is 16.7 Å². The summed E-state index contributed by atoms with van der Waals surface area (Å²) in [6.45, 7) is 0. The van der Waals surface area contributed by atoms with Crippen molar-refractivity contribution in [2.24, 2.45) is 0 Å². The minimum atomic E-state index is -0.679. The van der Waals surface area contributed by atoms with E-state index in [-0.39, 0.29) is 78.1 Å². The van der Waals surface area contributed by atoms with Crippen LogP contribution in [0.15, 0.2) is 176 Å². The molecule has 10 aromatic rings. The minimum Gasteiger partial charge on any atom is -0.309 e. The van der Waals surface area contributed by atoms with Crippen molar-refractivity contribution in [3.05, 3.63) is 176 Å². The summed E-state index contributed by atoms with van der Waals surface area (Å²) in [5.41, 5.74) is 0.778. The summed E-state index contributed by atoms with van der Waals surface area (Å²) >= 11 is 0. The average Bonchev–Trinajstić information content (AvgIpc) is 3.89. The van der Waals surface area contributed by atoms with E-state index in [2.05, 4.69) is 0 Å². The van der Waals surface area contributed by atoms with Gasteiger partial charge < -0.3 is 4.57 Å². The Hall–Kier alpha value is -6.85. The summed E-state index contributed by atoms with van der Waals surface area (Å²) in [4.78, 5) is 14.6. The maximum atomic E-state index is 9.16. The molecule has 0 bridgehead atoms. The summed E-state index contributed by atoms with van der Waals surface area (Å²) < 4.78 is 153. The highest BCUT2D eigenvalue weighted by Crippen LogP contribution is 2.37. The first kappa shape index (κ1) is 16.0. The standard InChI is InChI=1S/C45H29N5/c1-2-15-30(16-3-1)31-17-14-18-32(29-31)43-46-44(48-45(47-43)50-40-26-11-6-21-35(40)36-22-7-12-27-41(36)50)37-23-8-13-28-42(37)49-38-24-9-4-19-33(38)34-20-5-10-25-39(34)49/h1-29H/i4D,5D,6D,7D,9D,10D,11D,12D,18D,19D,20D,21D,22D,24D,25D,26D,27D. The van der Waals surface area contributed by atoms with Crippen molar-refractivity contribution in [2.45, 2.75) is 0 Å². The smallest absolute Gasteiger partial charge is 0.238 e. The van der Waals surface area contributed by atoms with Crippen molar-refractivity contribution in [1.82, 2.24) is 24.1 Å². The molecule has 5 nitrogen and oxygen atoms in total. The molecule has 3 aromatic heterocycles. The molecule has 0 N–H and O–H groups in total. The van der Waals surface area contributed by atoms with Gasteiger partial charge in [0.15, 0.2) is 11.6 Å². The van der Waals surface area contributed by atoms with Gasteiger partial charge in [0.25, 0.3) is 0 Å². The van der Waals surface area contributed by atoms with Crippen molar-refractivity contribution >= 4 is 43.6 Å². The molecule has 3 heterocycles. The molecule has 5 heteroatoms. The fourth-order valence-electron chi connectivity index (χ4n) is 6.25. The van der Waals surface area contributed by atoms with Gasteiger partial charge in [-0.15, -0.1) is 0 Å². The van der Waals surface area contributed by atoms with E-state index < -0.39 is 103 Å². The summed E-state index contributed by atoms with van der Waals surface area (Å²) in [6.07, 6.45) is 0. The molecule has 0 aliphatic heterocycles. The summed E-state index contributed by atoms with van der Waals surface area (Å²) in [6, 6.07) is 10.5. The van der Waals surface area contributed by atoms with Gasteiger partial charge in [-0.2, -0.15) is 9.97 Å². The molecule has 234 valence electrons. The molecule has 0 aliphatic carbocycles. The molecular weight excluding hydrogens is 611 g/mol. The highest BCUT2D eigenvalue weighted by molar-refractivity contribution is 6.10. The first-order valence-electron chi connectivity index (χ1n) is 23.9. The third-order valence-electron chi connectivity index (χ3n) is 8.42. The van der Waals surface area contributed by atoms with Crippen LogP contribution in [0, 0.1) is 0 Å². The number of para-hydroxylation sites is 5. The highest BCUT2D eigenvalue weighted by atomic mass is 15.2. The first-order valence-corrected chi connectivity index (χ1v) is 15.4. The Morgan fingerprint density at radius 3 is 1.52 bits per heavy atom. The van der Waals surface area contributed by atoms with Gasteiger partial charge in [0.1, 0.15) is 0 Å². The monoisotopic (exact) mass is 656 g/mol. The van der Waals surface area contributed by atoms with E-state index in [0.717, 1.165) is 10.1 Å². The lowest BCUT2D eigenvalue weighted by Crippen LogP contribution is -2.07. The summed E-state index contributed by atoms with van der Waals surface area (Å²) in [5, 5.41) is -0.828. The number of aromatic nitrogens is 5. The molecule has 7 aromatic carbocycles. The second-order valence-electron chi connectivity index (χ2n) is 11.2. The van der Waals surface area contributed by atoms with Gasteiger partial charge in [-0.05, 0) is 53.5 Å². The second-order valence-corrected chi connectivity index (χ2v) is 11.2. The van der Waals surface area contributed by atoms with E-state index in [1.54, 1.807) is 30.3 Å². The second kappa shape index (κ2) is 11.4. The number of nitrogens with zero attached hydrogens (tertiary/aromatic N) is 5. The van der Waals surface area contributed by atoms with Gasteiger partial charge in [-0.3, -0.25) is 4.57 Å². The van der Waals surface area contributed by atoms with Crippen LogP contribution in [0.5, 0.6) is 0 Å². The van der Waals surface area contributed by atoms with E-state index in [1.807, 2.05) is 30.3 Å². The number of benzene rings is 7. The van der Waals surface area contributed by atoms with Crippen molar-refractivity contribution in [2.75, 3.05) is 0 Å². The van der Waals surface area contributed by atoms with E-state index >= 15 is 0 Å². The average molecular weight is 657 g/mol. The Balaban J connectivity index is 1.40. The Labute approximate surface area is 312 Å². The molecule has 0 atom stereocenters. The predicted molar refractivity (Wildman–Crippen MR) is 205 cm³/mol. The number of hydrogen-bond donors (Lipinski definition) is 0. The van der Waals surface area contributed by atoms with Crippen LogP contribution in [0.4, 0.5) is 0 Å². The van der Waals surface area contributed by atoms with Gasteiger partial charge in [0.2, 0.25) is 5.95 Å². The van der Waals surface area contributed by atoms with Crippen molar-refractivity contribution in [3.63, 3.8) is 0 Å². The zero-order valence-corrected chi connectivity index (χ0v) is 25.7. The topological polar surface area (TPSA) is 48.5 Å². The molecule has 0 spiro atoms. The molecule has 0 unspecified atom stereocenters. The zero-order valence-electron chi connectivity index (χ0n) is 42.7. The van der Waals surface area contributed by atoms with Gasteiger partial charge >= 0.3 is 0 Å². The van der Waals surface area contributed by atoms with E-state index in [0.29, 0.717) is 5.56 Å². The number of hydrogen-bond acceptors (Lipinski definition) is 3. The predicted octanol–water partition coefficient (Wildman–Crippen LogP) is 11.1. The third kappa shape index (κ3) is 4.45. The fourth-order valence-corrected chi connectivity index (χ4v) is 6.25. The Morgan fingerprint density at radius 1 is 0.400 bits per heavy atom. The largest absolute Gasteiger partial charge is 0.309 e. The van der Waals surface area contributed by atoms with E-state index in [9.17, 15) is 0 Å². The Morgan fingerprint density at radius 2 is 0.900 bits per heavy atom. The van der Waals surface area contributed by atoms with Crippen LogP contribution in [-0.2, 0) is 0 Å². The SMILES string of the molecule is [2H]c1ccc(-c2ccccc2)cc1-c1nc(-c2ccccc2-n2c3c([2H])c([2H])c([2H])c([2H])c3c3c([2H])c([2H])c([2H])c([2H])c32)nc(-n2c3c([2H])c([2H])c([2H])c([2H])c3c3c([2H])c([2H])c([2H])c([2H])c32)n1. The first-order chi connectivity index (χ1) is 31.9. The van der Waals surface area contributed by atoms with Crippen molar-refractivity contribution in [3.8, 4) is 45.5 Å². The number of fused-ring (bicyclic) bond motifs is 6. The molecule has 50 heavy (non-hydrogen) atoms. The molecular formula is C45H29N5. The Kier molecular flexibility index (Phi) is 3.65. The lowest BCUT2D eigenvalue weighted by Gasteiger charge is -2.15. The molecule has 0 fully saturated rings. The van der Waals surface area contributed by atoms with Gasteiger partial charge in [0, 0.05) is 32.7 Å². The quantitative estimate of drug-likeness (QED) is 0.185. The van der Waals surface area contributed by atoms with Crippen LogP contribution in [0.2, 0.25) is 0 Å². The zero-order chi connectivity index (χ0) is 47.8. The Bertz CT molecular complexity index is 3700. The fraction of sp³-hybridized carbons (Fsp3) is 0.